The minimum absolute atomic E-state index is 0.0765. The number of epoxide rings is 1. The van der Waals surface area contributed by atoms with Gasteiger partial charge in [-0.25, -0.2) is 0 Å². The van der Waals surface area contributed by atoms with Crippen LogP contribution in [0.1, 0.15) is 25.7 Å². The summed E-state index contributed by atoms with van der Waals surface area (Å²) in [6.45, 7) is 1.71. The van der Waals surface area contributed by atoms with Crippen LogP contribution in [0.2, 0.25) is 0 Å². The summed E-state index contributed by atoms with van der Waals surface area (Å²) in [5, 5.41) is 0.205. The Hall–Kier alpha value is 0.500. The molecule has 0 spiro atoms. The lowest BCUT2D eigenvalue weighted by Crippen LogP contribution is -2.31. The monoisotopic (exact) mass is 238 g/mol. The number of hydrogen-bond donors (Lipinski definition) is 0. The zero-order valence-corrected chi connectivity index (χ0v) is 9.64. The standard InChI is InChI=1S/C10H16Cl2O2/c11-9-2-1-7(5-10(9)12)13-4-3-8-6-14-8/h7-10H,1-6H2/t7?,8-,9?,10?/m0/s1. The Morgan fingerprint density at radius 2 is 2.00 bits per heavy atom. The Bertz CT molecular complexity index is 185. The first-order valence-corrected chi connectivity index (χ1v) is 6.14. The van der Waals surface area contributed by atoms with E-state index >= 15 is 0 Å². The zero-order chi connectivity index (χ0) is 9.97. The largest absolute Gasteiger partial charge is 0.378 e. The van der Waals surface area contributed by atoms with Crippen LogP contribution in [-0.2, 0) is 9.47 Å². The Morgan fingerprint density at radius 1 is 1.21 bits per heavy atom. The van der Waals surface area contributed by atoms with E-state index in [9.17, 15) is 0 Å². The quantitative estimate of drug-likeness (QED) is 0.555. The highest BCUT2D eigenvalue weighted by Gasteiger charge is 2.29. The molecule has 2 aliphatic rings. The van der Waals surface area contributed by atoms with Gasteiger partial charge in [0.05, 0.1) is 29.6 Å². The summed E-state index contributed by atoms with van der Waals surface area (Å²) < 4.78 is 10.8. The SMILES string of the molecule is ClC1CCC(OCC[C@H]2CO2)CC1Cl. The van der Waals surface area contributed by atoms with Gasteiger partial charge in [0.15, 0.2) is 0 Å². The van der Waals surface area contributed by atoms with Gasteiger partial charge in [-0.3, -0.25) is 0 Å². The van der Waals surface area contributed by atoms with Crippen LogP contribution in [0, 0.1) is 0 Å². The topological polar surface area (TPSA) is 21.8 Å². The zero-order valence-electron chi connectivity index (χ0n) is 8.12. The van der Waals surface area contributed by atoms with Gasteiger partial charge < -0.3 is 9.47 Å². The third-order valence-electron chi connectivity index (χ3n) is 2.84. The first-order chi connectivity index (χ1) is 6.75. The van der Waals surface area contributed by atoms with E-state index in [1.807, 2.05) is 0 Å². The fourth-order valence-corrected chi connectivity index (χ4v) is 2.35. The van der Waals surface area contributed by atoms with Crippen LogP contribution in [0.15, 0.2) is 0 Å². The van der Waals surface area contributed by atoms with E-state index in [2.05, 4.69) is 0 Å². The van der Waals surface area contributed by atoms with E-state index in [1.165, 1.54) is 0 Å². The summed E-state index contributed by atoms with van der Waals surface area (Å²) in [7, 11) is 0. The summed E-state index contributed by atoms with van der Waals surface area (Å²) in [6.07, 6.45) is 4.70. The highest BCUT2D eigenvalue weighted by atomic mass is 35.5. The lowest BCUT2D eigenvalue weighted by molar-refractivity contribution is 0.0263. The number of rotatable bonds is 4. The van der Waals surface area contributed by atoms with E-state index < -0.39 is 0 Å². The van der Waals surface area contributed by atoms with Gasteiger partial charge in [0.25, 0.3) is 0 Å². The number of hydrogen-bond acceptors (Lipinski definition) is 2. The van der Waals surface area contributed by atoms with E-state index in [4.69, 9.17) is 32.7 Å². The number of alkyl halides is 2. The number of halogens is 2. The molecule has 0 aromatic heterocycles. The predicted molar refractivity (Wildman–Crippen MR) is 57.2 cm³/mol. The Labute approximate surface area is 94.8 Å². The second-order valence-electron chi connectivity index (χ2n) is 4.08. The molecule has 0 aromatic carbocycles. The highest BCUT2D eigenvalue weighted by Crippen LogP contribution is 2.29. The van der Waals surface area contributed by atoms with Crippen molar-refractivity contribution >= 4 is 23.2 Å². The molecule has 0 N–H and O–H groups in total. The molecule has 1 aliphatic carbocycles. The molecule has 2 fully saturated rings. The van der Waals surface area contributed by atoms with Crippen molar-refractivity contribution in [2.75, 3.05) is 13.2 Å². The van der Waals surface area contributed by atoms with Crippen LogP contribution in [0.5, 0.6) is 0 Å². The summed E-state index contributed by atoms with van der Waals surface area (Å²) in [4.78, 5) is 0. The fourth-order valence-electron chi connectivity index (χ4n) is 1.79. The van der Waals surface area contributed by atoms with Gasteiger partial charge in [0.2, 0.25) is 0 Å². The van der Waals surface area contributed by atoms with Gasteiger partial charge in [-0.05, 0) is 25.7 Å². The lowest BCUT2D eigenvalue weighted by atomic mass is 9.97. The average Bonchev–Trinajstić information content (AvgIpc) is 2.95. The minimum atomic E-state index is 0.0765. The maximum absolute atomic E-state index is 6.08. The van der Waals surface area contributed by atoms with Crippen LogP contribution >= 0.6 is 23.2 Å². The van der Waals surface area contributed by atoms with Crippen LogP contribution < -0.4 is 0 Å². The van der Waals surface area contributed by atoms with Crippen LogP contribution in [0.4, 0.5) is 0 Å². The molecular weight excluding hydrogens is 223 g/mol. The van der Waals surface area contributed by atoms with Crippen LogP contribution in [0.25, 0.3) is 0 Å². The van der Waals surface area contributed by atoms with Crippen molar-refractivity contribution in [3.8, 4) is 0 Å². The van der Waals surface area contributed by atoms with Crippen molar-refractivity contribution in [2.45, 2.75) is 48.6 Å². The van der Waals surface area contributed by atoms with E-state index in [0.29, 0.717) is 12.2 Å². The normalized spacial score (nSPS) is 42.4. The summed E-state index contributed by atoms with van der Waals surface area (Å²) in [5.74, 6) is 0. The fraction of sp³-hybridized carbons (Fsp3) is 1.00. The van der Waals surface area contributed by atoms with Crippen molar-refractivity contribution in [1.29, 1.82) is 0 Å². The second-order valence-corrected chi connectivity index (χ2v) is 5.20. The molecule has 1 heterocycles. The summed E-state index contributed by atoms with van der Waals surface area (Å²) >= 11 is 12.1. The molecule has 2 rings (SSSR count). The molecule has 0 bridgehead atoms. The van der Waals surface area contributed by atoms with Gasteiger partial charge >= 0.3 is 0 Å². The molecule has 2 nitrogen and oxygen atoms in total. The van der Waals surface area contributed by atoms with Crippen molar-refractivity contribution in [2.24, 2.45) is 0 Å². The molecule has 4 atom stereocenters. The summed E-state index contributed by atoms with van der Waals surface area (Å²) in [6, 6.07) is 0. The van der Waals surface area contributed by atoms with Gasteiger partial charge in [-0.2, -0.15) is 0 Å². The van der Waals surface area contributed by atoms with Crippen molar-refractivity contribution < 1.29 is 9.47 Å². The third kappa shape index (κ3) is 3.27. The first-order valence-electron chi connectivity index (χ1n) is 5.27. The average molecular weight is 239 g/mol. The molecule has 1 saturated carbocycles. The maximum Gasteiger partial charge on any atom is 0.0831 e. The van der Waals surface area contributed by atoms with Crippen LogP contribution in [-0.4, -0.2) is 36.2 Å². The first kappa shape index (κ1) is 11.0. The molecule has 14 heavy (non-hydrogen) atoms. The van der Waals surface area contributed by atoms with Gasteiger partial charge in [-0.1, -0.05) is 0 Å². The molecule has 82 valence electrons. The molecule has 0 aromatic rings. The van der Waals surface area contributed by atoms with Gasteiger partial charge in [0, 0.05) is 6.61 Å². The number of ether oxygens (including phenoxy) is 2. The molecule has 0 radical (unpaired) electrons. The van der Waals surface area contributed by atoms with Crippen molar-refractivity contribution in [1.82, 2.24) is 0 Å². The second kappa shape index (κ2) is 5.02. The molecule has 3 unspecified atom stereocenters. The van der Waals surface area contributed by atoms with Gasteiger partial charge in [-0.15, -0.1) is 23.2 Å². The van der Waals surface area contributed by atoms with Crippen molar-refractivity contribution in [3.63, 3.8) is 0 Å². The van der Waals surface area contributed by atoms with E-state index in [0.717, 1.165) is 38.9 Å². The molecule has 0 amide bonds. The molecular formula is C10H16Cl2O2. The predicted octanol–water partition coefficient (Wildman–Crippen LogP) is 2.56. The Kier molecular flexibility index (Phi) is 3.94. The Morgan fingerprint density at radius 3 is 2.64 bits per heavy atom. The minimum Gasteiger partial charge on any atom is -0.378 e. The van der Waals surface area contributed by atoms with Gasteiger partial charge in [0.1, 0.15) is 0 Å². The molecule has 4 heteroatoms. The smallest absolute Gasteiger partial charge is 0.0831 e. The maximum atomic E-state index is 6.08. The van der Waals surface area contributed by atoms with E-state index in [-0.39, 0.29) is 10.8 Å². The molecule has 1 saturated heterocycles. The lowest BCUT2D eigenvalue weighted by Gasteiger charge is -2.29. The third-order valence-corrected chi connectivity index (χ3v) is 3.97. The van der Waals surface area contributed by atoms with Crippen LogP contribution in [0.3, 0.4) is 0 Å². The van der Waals surface area contributed by atoms with Crippen molar-refractivity contribution in [3.05, 3.63) is 0 Å². The highest BCUT2D eigenvalue weighted by molar-refractivity contribution is 6.30. The molecule has 1 aliphatic heterocycles. The van der Waals surface area contributed by atoms with E-state index in [1.54, 1.807) is 0 Å². The summed E-state index contributed by atoms with van der Waals surface area (Å²) in [5.41, 5.74) is 0. The Balaban J connectivity index is 1.60.